The third kappa shape index (κ3) is 6.82. The molecule has 0 aliphatic heterocycles. The smallest absolute Gasteiger partial charge is 0.234 e. The first-order chi connectivity index (χ1) is 16.0. The lowest BCUT2D eigenvalue weighted by Gasteiger charge is -2.19. The van der Waals surface area contributed by atoms with Gasteiger partial charge in [-0.3, -0.25) is 4.79 Å². The van der Waals surface area contributed by atoms with Gasteiger partial charge in [0.05, 0.1) is 11.4 Å². The summed E-state index contributed by atoms with van der Waals surface area (Å²) in [6.45, 7) is 12.5. The van der Waals surface area contributed by atoms with Crippen LogP contribution in [0.15, 0.2) is 53.7 Å². The minimum atomic E-state index is -0.109. The quantitative estimate of drug-likeness (QED) is 0.389. The average Bonchev–Trinajstić information content (AvgIpc) is 3.24. The summed E-state index contributed by atoms with van der Waals surface area (Å²) in [5.41, 5.74) is 2.88. The predicted molar refractivity (Wildman–Crippen MR) is 135 cm³/mol. The fourth-order valence-electron chi connectivity index (χ4n) is 3.51. The molecule has 7 nitrogen and oxygen atoms in total. The van der Waals surface area contributed by atoms with Crippen molar-refractivity contribution in [2.75, 3.05) is 37.3 Å². The number of hydrogen-bond donors (Lipinski definition) is 1. The average molecular weight is 468 g/mol. The molecule has 0 bridgehead atoms. The number of hydrogen-bond acceptors (Lipinski definition) is 6. The van der Waals surface area contributed by atoms with Gasteiger partial charge in [0.25, 0.3) is 0 Å². The standard InChI is InChI=1S/C25H33N5O2S/c1-5-29(6-2)15-16-32-22-14-9-8-13-21(22)26-23(31)18-33-25-28-27-24(30(25)7-3)20-12-10-11-19(4)17-20/h8-14,17H,5-7,15-16,18H2,1-4H3,(H,26,31). The Morgan fingerprint density at radius 2 is 1.88 bits per heavy atom. The minimum Gasteiger partial charge on any atom is -0.490 e. The Morgan fingerprint density at radius 3 is 2.61 bits per heavy atom. The van der Waals surface area contributed by atoms with Crippen LogP contribution in [0.4, 0.5) is 5.69 Å². The number of aromatic nitrogens is 3. The van der Waals surface area contributed by atoms with Gasteiger partial charge < -0.3 is 19.5 Å². The second kappa shape index (κ2) is 12.4. The number of benzene rings is 2. The number of nitrogens with zero attached hydrogens (tertiary/aromatic N) is 4. The fraction of sp³-hybridized carbons (Fsp3) is 0.400. The maximum absolute atomic E-state index is 12.7. The van der Waals surface area contributed by atoms with Crippen LogP contribution in [0.5, 0.6) is 5.75 Å². The number of para-hydroxylation sites is 2. The van der Waals surface area contributed by atoms with Gasteiger partial charge >= 0.3 is 0 Å². The van der Waals surface area contributed by atoms with E-state index in [1.807, 2.05) is 41.0 Å². The van der Waals surface area contributed by atoms with E-state index in [0.29, 0.717) is 18.0 Å². The molecule has 3 rings (SSSR count). The summed E-state index contributed by atoms with van der Waals surface area (Å²) >= 11 is 1.38. The zero-order valence-electron chi connectivity index (χ0n) is 19.9. The molecule has 0 spiro atoms. The van der Waals surface area contributed by atoms with Crippen LogP contribution in [0.1, 0.15) is 26.3 Å². The molecule has 33 heavy (non-hydrogen) atoms. The van der Waals surface area contributed by atoms with Gasteiger partial charge in [0, 0.05) is 18.7 Å². The summed E-state index contributed by atoms with van der Waals surface area (Å²) in [7, 11) is 0. The third-order valence-corrected chi connectivity index (χ3v) is 6.33. The summed E-state index contributed by atoms with van der Waals surface area (Å²) in [6, 6.07) is 15.7. The number of nitrogens with one attached hydrogen (secondary N) is 1. The molecular formula is C25H33N5O2S. The molecule has 0 aliphatic carbocycles. The molecule has 1 heterocycles. The van der Waals surface area contributed by atoms with E-state index in [2.05, 4.69) is 60.2 Å². The van der Waals surface area contributed by atoms with Crippen molar-refractivity contribution in [1.29, 1.82) is 0 Å². The molecular weight excluding hydrogens is 434 g/mol. The molecule has 0 aliphatic rings. The van der Waals surface area contributed by atoms with Crippen LogP contribution in [-0.2, 0) is 11.3 Å². The number of amides is 1. The molecule has 0 saturated carbocycles. The molecule has 0 fully saturated rings. The second-order valence-corrected chi connectivity index (χ2v) is 8.57. The number of aryl methyl sites for hydroxylation is 1. The van der Waals surface area contributed by atoms with Crippen molar-refractivity contribution in [2.24, 2.45) is 0 Å². The van der Waals surface area contributed by atoms with E-state index in [1.54, 1.807) is 0 Å². The molecule has 3 aromatic rings. The summed E-state index contributed by atoms with van der Waals surface area (Å²) in [6.07, 6.45) is 0. The van der Waals surface area contributed by atoms with E-state index in [4.69, 9.17) is 4.74 Å². The SMILES string of the molecule is CCN(CC)CCOc1ccccc1NC(=O)CSc1nnc(-c2cccc(C)c2)n1CC. The highest BCUT2D eigenvalue weighted by Gasteiger charge is 2.15. The van der Waals surface area contributed by atoms with Gasteiger partial charge in [0.15, 0.2) is 11.0 Å². The van der Waals surface area contributed by atoms with E-state index >= 15 is 0 Å². The van der Waals surface area contributed by atoms with Crippen molar-refractivity contribution in [2.45, 2.75) is 39.4 Å². The zero-order valence-corrected chi connectivity index (χ0v) is 20.7. The molecule has 1 aromatic heterocycles. The van der Waals surface area contributed by atoms with Gasteiger partial charge in [0.2, 0.25) is 5.91 Å². The lowest BCUT2D eigenvalue weighted by molar-refractivity contribution is -0.113. The number of carbonyl (C=O) groups excluding carboxylic acids is 1. The van der Waals surface area contributed by atoms with Crippen molar-refractivity contribution in [3.05, 3.63) is 54.1 Å². The number of carbonyl (C=O) groups is 1. The van der Waals surface area contributed by atoms with E-state index in [1.165, 1.54) is 17.3 Å². The van der Waals surface area contributed by atoms with Crippen molar-refractivity contribution >= 4 is 23.4 Å². The molecule has 176 valence electrons. The van der Waals surface area contributed by atoms with Crippen LogP contribution in [0, 0.1) is 6.92 Å². The Labute approximate surface area is 200 Å². The molecule has 0 radical (unpaired) electrons. The zero-order chi connectivity index (χ0) is 23.6. The Bertz CT molecular complexity index is 1050. The largest absolute Gasteiger partial charge is 0.490 e. The topological polar surface area (TPSA) is 72.3 Å². The third-order valence-electron chi connectivity index (χ3n) is 5.36. The van der Waals surface area contributed by atoms with Crippen LogP contribution >= 0.6 is 11.8 Å². The lowest BCUT2D eigenvalue weighted by atomic mass is 10.1. The van der Waals surface area contributed by atoms with Crippen LogP contribution in [0.25, 0.3) is 11.4 Å². The second-order valence-electron chi connectivity index (χ2n) is 7.63. The number of likely N-dealkylation sites (N-methyl/N-ethyl adjacent to an activating group) is 1. The minimum absolute atomic E-state index is 0.109. The van der Waals surface area contributed by atoms with Gasteiger partial charge in [-0.15, -0.1) is 10.2 Å². The summed E-state index contributed by atoms with van der Waals surface area (Å²) in [4.78, 5) is 15.0. The highest BCUT2D eigenvalue weighted by molar-refractivity contribution is 7.99. The molecule has 1 N–H and O–H groups in total. The maximum Gasteiger partial charge on any atom is 0.234 e. The monoisotopic (exact) mass is 467 g/mol. The Morgan fingerprint density at radius 1 is 1.09 bits per heavy atom. The first-order valence-corrected chi connectivity index (χ1v) is 12.4. The van der Waals surface area contributed by atoms with Crippen molar-refractivity contribution in [1.82, 2.24) is 19.7 Å². The molecule has 2 aromatic carbocycles. The lowest BCUT2D eigenvalue weighted by Crippen LogP contribution is -2.28. The first kappa shape index (κ1) is 24.8. The van der Waals surface area contributed by atoms with E-state index in [-0.39, 0.29) is 11.7 Å². The fourth-order valence-corrected chi connectivity index (χ4v) is 4.32. The highest BCUT2D eigenvalue weighted by atomic mass is 32.2. The van der Waals surface area contributed by atoms with Gasteiger partial charge in [-0.05, 0) is 45.1 Å². The molecule has 0 saturated heterocycles. The van der Waals surface area contributed by atoms with Crippen molar-refractivity contribution in [3.8, 4) is 17.1 Å². The molecule has 0 atom stereocenters. The predicted octanol–water partition coefficient (Wildman–Crippen LogP) is 4.72. The summed E-state index contributed by atoms with van der Waals surface area (Å²) in [5.74, 6) is 1.62. The van der Waals surface area contributed by atoms with Crippen LogP contribution in [0.2, 0.25) is 0 Å². The van der Waals surface area contributed by atoms with Crippen LogP contribution in [0.3, 0.4) is 0 Å². The number of thioether (sulfide) groups is 1. The Hall–Kier alpha value is -2.84. The highest BCUT2D eigenvalue weighted by Crippen LogP contribution is 2.26. The van der Waals surface area contributed by atoms with E-state index in [0.717, 1.165) is 42.7 Å². The molecule has 1 amide bonds. The first-order valence-electron chi connectivity index (χ1n) is 11.4. The number of ether oxygens (including phenoxy) is 1. The Balaban J connectivity index is 1.60. The van der Waals surface area contributed by atoms with Gasteiger partial charge in [0.1, 0.15) is 12.4 Å². The molecule has 0 unspecified atom stereocenters. The van der Waals surface area contributed by atoms with Crippen LogP contribution in [-0.4, -0.2) is 57.6 Å². The van der Waals surface area contributed by atoms with Gasteiger partial charge in [-0.1, -0.05) is 61.5 Å². The van der Waals surface area contributed by atoms with Crippen molar-refractivity contribution < 1.29 is 9.53 Å². The Kier molecular flexibility index (Phi) is 9.33. The summed E-state index contributed by atoms with van der Waals surface area (Å²) in [5, 5.41) is 12.4. The maximum atomic E-state index is 12.7. The van der Waals surface area contributed by atoms with E-state index in [9.17, 15) is 4.79 Å². The van der Waals surface area contributed by atoms with E-state index < -0.39 is 0 Å². The normalized spacial score (nSPS) is 11.1. The van der Waals surface area contributed by atoms with Crippen LogP contribution < -0.4 is 10.1 Å². The molecule has 8 heteroatoms. The summed E-state index contributed by atoms with van der Waals surface area (Å²) < 4.78 is 7.98. The number of rotatable bonds is 12. The van der Waals surface area contributed by atoms with Crippen molar-refractivity contribution in [3.63, 3.8) is 0 Å². The number of anilines is 1. The van der Waals surface area contributed by atoms with Gasteiger partial charge in [-0.25, -0.2) is 0 Å². The van der Waals surface area contributed by atoms with Gasteiger partial charge in [-0.2, -0.15) is 0 Å².